The number of methoxy groups -OCH3 is 2. The SMILES string of the molecule is COc1ccc(NC(=O)COc2cccc(NC(=O)c3ccco3)c2)c(OC)c1. The highest BCUT2D eigenvalue weighted by atomic mass is 16.5. The molecule has 2 amide bonds. The van der Waals surface area contributed by atoms with Gasteiger partial charge in [0.2, 0.25) is 0 Å². The molecule has 2 N–H and O–H groups in total. The first-order valence-corrected chi connectivity index (χ1v) is 8.68. The van der Waals surface area contributed by atoms with Gasteiger partial charge in [0.1, 0.15) is 17.2 Å². The molecule has 0 atom stereocenters. The van der Waals surface area contributed by atoms with Crippen molar-refractivity contribution in [1.82, 2.24) is 0 Å². The van der Waals surface area contributed by atoms with Crippen LogP contribution in [0.25, 0.3) is 0 Å². The Labute approximate surface area is 167 Å². The molecule has 29 heavy (non-hydrogen) atoms. The zero-order valence-electron chi connectivity index (χ0n) is 15.9. The summed E-state index contributed by atoms with van der Waals surface area (Å²) in [6.45, 7) is -0.217. The maximum Gasteiger partial charge on any atom is 0.291 e. The minimum absolute atomic E-state index is 0.198. The van der Waals surface area contributed by atoms with Crippen LogP contribution in [-0.4, -0.2) is 32.6 Å². The molecule has 8 nitrogen and oxygen atoms in total. The number of furan rings is 1. The second-order valence-electron chi connectivity index (χ2n) is 5.86. The van der Waals surface area contributed by atoms with Gasteiger partial charge in [0.25, 0.3) is 11.8 Å². The minimum Gasteiger partial charge on any atom is -0.497 e. The van der Waals surface area contributed by atoms with E-state index in [9.17, 15) is 9.59 Å². The number of anilines is 2. The van der Waals surface area contributed by atoms with Gasteiger partial charge in [0, 0.05) is 17.8 Å². The Morgan fingerprint density at radius 2 is 1.79 bits per heavy atom. The molecule has 2 aromatic carbocycles. The lowest BCUT2D eigenvalue weighted by molar-refractivity contribution is -0.118. The summed E-state index contributed by atoms with van der Waals surface area (Å²) in [7, 11) is 3.05. The largest absolute Gasteiger partial charge is 0.497 e. The predicted molar refractivity (Wildman–Crippen MR) is 107 cm³/mol. The normalized spacial score (nSPS) is 10.1. The van der Waals surface area contributed by atoms with Crippen LogP contribution in [0.2, 0.25) is 0 Å². The molecule has 0 aliphatic heterocycles. The summed E-state index contributed by atoms with van der Waals surface area (Å²) in [5.41, 5.74) is 1.02. The van der Waals surface area contributed by atoms with E-state index in [4.69, 9.17) is 18.6 Å². The molecular weight excluding hydrogens is 376 g/mol. The predicted octanol–water partition coefficient (Wildman–Crippen LogP) is 3.57. The van der Waals surface area contributed by atoms with Crippen molar-refractivity contribution >= 4 is 23.2 Å². The number of rotatable bonds is 8. The molecule has 0 radical (unpaired) electrons. The molecule has 0 unspecified atom stereocenters. The summed E-state index contributed by atoms with van der Waals surface area (Å²) >= 11 is 0. The zero-order chi connectivity index (χ0) is 20.6. The third-order valence-electron chi connectivity index (χ3n) is 3.89. The van der Waals surface area contributed by atoms with Crippen LogP contribution in [0.1, 0.15) is 10.6 Å². The van der Waals surface area contributed by atoms with E-state index in [1.165, 1.54) is 13.4 Å². The first-order valence-electron chi connectivity index (χ1n) is 8.68. The van der Waals surface area contributed by atoms with Gasteiger partial charge in [0.05, 0.1) is 26.2 Å². The maximum absolute atomic E-state index is 12.2. The van der Waals surface area contributed by atoms with Crippen LogP contribution in [0.5, 0.6) is 17.2 Å². The Morgan fingerprint density at radius 1 is 0.931 bits per heavy atom. The molecule has 0 saturated heterocycles. The molecule has 1 aromatic heterocycles. The number of nitrogens with one attached hydrogen (secondary N) is 2. The van der Waals surface area contributed by atoms with Crippen LogP contribution >= 0.6 is 0 Å². The van der Waals surface area contributed by atoms with Crippen LogP contribution < -0.4 is 24.8 Å². The molecule has 0 bridgehead atoms. The van der Waals surface area contributed by atoms with E-state index >= 15 is 0 Å². The molecule has 0 saturated carbocycles. The van der Waals surface area contributed by atoms with Crippen molar-refractivity contribution in [2.24, 2.45) is 0 Å². The Bertz CT molecular complexity index is 985. The summed E-state index contributed by atoms with van der Waals surface area (Å²) in [5, 5.41) is 5.42. The summed E-state index contributed by atoms with van der Waals surface area (Å²) in [6.07, 6.45) is 1.42. The van der Waals surface area contributed by atoms with Gasteiger partial charge in [-0.3, -0.25) is 9.59 Å². The minimum atomic E-state index is -0.378. The van der Waals surface area contributed by atoms with Crippen molar-refractivity contribution in [2.75, 3.05) is 31.5 Å². The average Bonchev–Trinajstić information content (AvgIpc) is 3.28. The lowest BCUT2D eigenvalue weighted by Gasteiger charge is -2.12. The highest BCUT2D eigenvalue weighted by Gasteiger charge is 2.11. The molecule has 0 spiro atoms. The summed E-state index contributed by atoms with van der Waals surface area (Å²) < 4.78 is 21.0. The fourth-order valence-electron chi connectivity index (χ4n) is 2.50. The Morgan fingerprint density at radius 3 is 2.52 bits per heavy atom. The molecule has 0 fully saturated rings. The van der Waals surface area contributed by atoms with E-state index in [2.05, 4.69) is 10.6 Å². The molecule has 150 valence electrons. The summed E-state index contributed by atoms with van der Waals surface area (Å²) in [4.78, 5) is 24.3. The van der Waals surface area contributed by atoms with Gasteiger partial charge in [-0.1, -0.05) is 6.07 Å². The van der Waals surface area contributed by atoms with Gasteiger partial charge in [0.15, 0.2) is 12.4 Å². The average molecular weight is 396 g/mol. The molecular formula is C21H20N2O6. The summed E-state index contributed by atoms with van der Waals surface area (Å²) in [5.74, 6) is 0.975. The number of carbonyl (C=O) groups is 2. The third-order valence-corrected chi connectivity index (χ3v) is 3.89. The van der Waals surface area contributed by atoms with Crippen molar-refractivity contribution < 1.29 is 28.2 Å². The topological polar surface area (TPSA) is 99.0 Å². The number of benzene rings is 2. The smallest absolute Gasteiger partial charge is 0.291 e. The number of hydrogen-bond acceptors (Lipinski definition) is 6. The van der Waals surface area contributed by atoms with Crippen molar-refractivity contribution in [2.45, 2.75) is 0 Å². The van der Waals surface area contributed by atoms with E-state index < -0.39 is 0 Å². The van der Waals surface area contributed by atoms with Crippen molar-refractivity contribution in [3.63, 3.8) is 0 Å². The lowest BCUT2D eigenvalue weighted by Crippen LogP contribution is -2.20. The zero-order valence-corrected chi connectivity index (χ0v) is 15.9. The summed E-state index contributed by atoms with van der Waals surface area (Å²) in [6, 6.07) is 15.0. The van der Waals surface area contributed by atoms with Gasteiger partial charge in [-0.15, -0.1) is 0 Å². The maximum atomic E-state index is 12.2. The molecule has 0 aliphatic carbocycles. The van der Waals surface area contributed by atoms with Crippen LogP contribution in [-0.2, 0) is 4.79 Å². The fraction of sp³-hybridized carbons (Fsp3) is 0.143. The van der Waals surface area contributed by atoms with E-state index in [0.717, 1.165) is 0 Å². The molecule has 3 aromatic rings. The van der Waals surface area contributed by atoms with Crippen LogP contribution in [0, 0.1) is 0 Å². The molecule has 0 aliphatic rings. The first-order chi connectivity index (χ1) is 14.1. The molecule has 8 heteroatoms. The highest BCUT2D eigenvalue weighted by molar-refractivity contribution is 6.02. The van der Waals surface area contributed by atoms with Gasteiger partial charge in [-0.05, 0) is 36.4 Å². The van der Waals surface area contributed by atoms with Crippen molar-refractivity contribution in [3.8, 4) is 17.2 Å². The van der Waals surface area contributed by atoms with Gasteiger partial charge in [-0.2, -0.15) is 0 Å². The van der Waals surface area contributed by atoms with E-state index in [1.807, 2.05) is 0 Å². The molecule has 1 heterocycles. The molecule has 3 rings (SSSR count). The van der Waals surface area contributed by atoms with E-state index in [-0.39, 0.29) is 24.2 Å². The highest BCUT2D eigenvalue weighted by Crippen LogP contribution is 2.29. The second-order valence-corrected chi connectivity index (χ2v) is 5.86. The van der Waals surface area contributed by atoms with Crippen LogP contribution in [0.4, 0.5) is 11.4 Å². The Balaban J connectivity index is 1.57. The van der Waals surface area contributed by atoms with Crippen molar-refractivity contribution in [3.05, 3.63) is 66.6 Å². The van der Waals surface area contributed by atoms with Crippen LogP contribution in [0.3, 0.4) is 0 Å². The Hall–Kier alpha value is -3.94. The van der Waals surface area contributed by atoms with Gasteiger partial charge < -0.3 is 29.3 Å². The Kier molecular flexibility index (Phi) is 6.36. The van der Waals surface area contributed by atoms with Gasteiger partial charge >= 0.3 is 0 Å². The number of carbonyl (C=O) groups excluding carboxylic acids is 2. The lowest BCUT2D eigenvalue weighted by atomic mass is 10.2. The first kappa shape index (κ1) is 19.8. The van der Waals surface area contributed by atoms with E-state index in [1.54, 1.807) is 61.7 Å². The van der Waals surface area contributed by atoms with Crippen molar-refractivity contribution in [1.29, 1.82) is 0 Å². The second kappa shape index (κ2) is 9.32. The fourth-order valence-corrected chi connectivity index (χ4v) is 2.50. The standard InChI is InChI=1S/C21H20N2O6/c1-26-15-8-9-17(19(12-15)27-2)23-20(24)13-29-16-6-3-5-14(11-16)22-21(25)18-7-4-10-28-18/h3-12H,13H2,1-2H3,(H,22,25)(H,23,24). The third kappa shape index (κ3) is 5.29. The van der Waals surface area contributed by atoms with Gasteiger partial charge in [-0.25, -0.2) is 0 Å². The van der Waals surface area contributed by atoms with Crippen LogP contribution in [0.15, 0.2) is 65.3 Å². The van der Waals surface area contributed by atoms with E-state index in [0.29, 0.717) is 28.6 Å². The monoisotopic (exact) mass is 396 g/mol. The number of ether oxygens (including phenoxy) is 3. The number of hydrogen-bond donors (Lipinski definition) is 2. The number of amides is 2. The quantitative estimate of drug-likeness (QED) is 0.604.